The minimum absolute atomic E-state index is 0.0411. The summed E-state index contributed by atoms with van der Waals surface area (Å²) in [4.78, 5) is 35.9. The molecule has 3 amide bonds. The van der Waals surface area contributed by atoms with Crippen LogP contribution in [0.2, 0.25) is 0 Å². The minimum Gasteiger partial charge on any atom is -0.480 e. The average molecular weight is 315 g/mol. The van der Waals surface area contributed by atoms with E-state index >= 15 is 0 Å². The summed E-state index contributed by atoms with van der Waals surface area (Å²) in [5.74, 6) is -0.372. The van der Waals surface area contributed by atoms with Crippen LogP contribution in [0.5, 0.6) is 0 Å². The van der Waals surface area contributed by atoms with Crippen molar-refractivity contribution in [1.82, 2.24) is 15.5 Å². The number of carbonyl (C=O) groups is 3. The van der Waals surface area contributed by atoms with Gasteiger partial charge >= 0.3 is 12.0 Å². The third kappa shape index (κ3) is 4.03. The molecule has 0 radical (unpaired) electrons. The largest absolute Gasteiger partial charge is 0.480 e. The van der Waals surface area contributed by atoms with Crippen LogP contribution in [0.15, 0.2) is 0 Å². The van der Waals surface area contributed by atoms with Crippen LogP contribution in [0.1, 0.15) is 26.2 Å². The quantitative estimate of drug-likeness (QED) is 0.691. The summed E-state index contributed by atoms with van der Waals surface area (Å²) in [6.07, 6.45) is 2.87. The summed E-state index contributed by atoms with van der Waals surface area (Å²) in [6.45, 7) is 1.86. The first kappa shape index (κ1) is 15.9. The second kappa shape index (κ2) is 7.02. The van der Waals surface area contributed by atoms with Gasteiger partial charge in [-0.15, -0.1) is 0 Å². The van der Waals surface area contributed by atoms with Crippen molar-refractivity contribution >= 4 is 29.7 Å². The number of amides is 3. The maximum Gasteiger partial charge on any atom is 0.328 e. The summed E-state index contributed by atoms with van der Waals surface area (Å²) in [6, 6.07) is -1.38. The van der Waals surface area contributed by atoms with Crippen molar-refractivity contribution < 1.29 is 19.5 Å². The third-order valence-corrected chi connectivity index (χ3v) is 5.08. The van der Waals surface area contributed by atoms with E-state index in [1.807, 2.05) is 11.8 Å². The molecule has 118 valence electrons. The first-order chi connectivity index (χ1) is 10.0. The molecule has 1 saturated heterocycles. The number of urea groups is 1. The van der Waals surface area contributed by atoms with Gasteiger partial charge in [-0.25, -0.2) is 9.59 Å². The number of rotatable bonds is 4. The van der Waals surface area contributed by atoms with E-state index in [1.54, 1.807) is 0 Å². The number of carboxylic acid groups (broad SMARTS) is 1. The van der Waals surface area contributed by atoms with Crippen LogP contribution in [0.3, 0.4) is 0 Å². The number of thioether (sulfide) groups is 1. The molecule has 3 atom stereocenters. The summed E-state index contributed by atoms with van der Waals surface area (Å²) >= 11 is 1.89. The van der Waals surface area contributed by atoms with Crippen LogP contribution in [0.25, 0.3) is 0 Å². The zero-order valence-electron chi connectivity index (χ0n) is 12.0. The summed E-state index contributed by atoms with van der Waals surface area (Å²) in [5.41, 5.74) is 0. The molecule has 1 aliphatic heterocycles. The number of piperazine rings is 1. The first-order valence-electron chi connectivity index (χ1n) is 7.19. The fourth-order valence-corrected chi connectivity index (χ4v) is 3.93. The molecule has 1 heterocycles. The molecule has 7 nitrogen and oxygen atoms in total. The average Bonchev–Trinajstić information content (AvgIpc) is 2.86. The molecule has 2 fully saturated rings. The molecule has 1 saturated carbocycles. The van der Waals surface area contributed by atoms with Gasteiger partial charge in [0.2, 0.25) is 5.91 Å². The van der Waals surface area contributed by atoms with Gasteiger partial charge in [0, 0.05) is 17.8 Å². The van der Waals surface area contributed by atoms with E-state index in [1.165, 1.54) is 0 Å². The van der Waals surface area contributed by atoms with Crippen LogP contribution in [0, 0.1) is 0 Å². The summed E-state index contributed by atoms with van der Waals surface area (Å²) in [7, 11) is 0. The van der Waals surface area contributed by atoms with Gasteiger partial charge < -0.3 is 15.7 Å². The summed E-state index contributed by atoms with van der Waals surface area (Å²) in [5, 5.41) is 15.0. The van der Waals surface area contributed by atoms with Crippen LogP contribution in [-0.2, 0) is 9.59 Å². The number of aliphatic carboxylic acids is 1. The Morgan fingerprint density at radius 1 is 1.48 bits per heavy atom. The molecular weight excluding hydrogens is 294 g/mol. The molecule has 8 heteroatoms. The highest BCUT2D eigenvalue weighted by molar-refractivity contribution is 7.99. The fraction of sp³-hybridized carbons (Fsp3) is 0.769. The van der Waals surface area contributed by atoms with E-state index in [4.69, 9.17) is 5.11 Å². The number of nitrogens with one attached hydrogen (secondary N) is 2. The number of hydrogen-bond donors (Lipinski definition) is 3. The van der Waals surface area contributed by atoms with E-state index in [-0.39, 0.29) is 25.0 Å². The standard InChI is InChI=1S/C13H21N3O4S/c1-2-21-9-4-3-8(5-9)15-13(20)16-7-11(17)14-6-10(16)12(18)19/h8-10H,2-7H2,1H3,(H,14,17)(H,15,20)(H,18,19). The monoisotopic (exact) mass is 315 g/mol. The van der Waals surface area contributed by atoms with Gasteiger partial charge in [-0.05, 0) is 25.0 Å². The van der Waals surface area contributed by atoms with Gasteiger partial charge in [0.15, 0.2) is 0 Å². The number of nitrogens with zero attached hydrogens (tertiary/aromatic N) is 1. The van der Waals surface area contributed by atoms with Crippen molar-refractivity contribution in [2.45, 2.75) is 43.5 Å². The predicted molar refractivity (Wildman–Crippen MR) is 79.2 cm³/mol. The van der Waals surface area contributed by atoms with Gasteiger partial charge in [0.1, 0.15) is 12.6 Å². The molecule has 21 heavy (non-hydrogen) atoms. The van der Waals surface area contributed by atoms with E-state index < -0.39 is 18.0 Å². The molecule has 0 aromatic rings. The Bertz CT molecular complexity index is 432. The number of carbonyl (C=O) groups excluding carboxylic acids is 2. The second-order valence-corrected chi connectivity index (χ2v) is 6.90. The zero-order valence-corrected chi connectivity index (χ0v) is 12.8. The van der Waals surface area contributed by atoms with E-state index in [0.29, 0.717) is 5.25 Å². The zero-order chi connectivity index (χ0) is 15.4. The third-order valence-electron chi connectivity index (χ3n) is 3.84. The van der Waals surface area contributed by atoms with Gasteiger partial charge in [-0.1, -0.05) is 6.92 Å². The van der Waals surface area contributed by atoms with Gasteiger partial charge in [0.05, 0.1) is 0 Å². The highest BCUT2D eigenvalue weighted by Gasteiger charge is 2.36. The van der Waals surface area contributed by atoms with Crippen molar-refractivity contribution in [3.8, 4) is 0 Å². The first-order valence-corrected chi connectivity index (χ1v) is 8.24. The van der Waals surface area contributed by atoms with Crippen LogP contribution in [0.4, 0.5) is 4.79 Å². The molecular formula is C13H21N3O4S. The molecule has 3 N–H and O–H groups in total. The Balaban J connectivity index is 1.92. The maximum absolute atomic E-state index is 12.2. The Morgan fingerprint density at radius 3 is 2.90 bits per heavy atom. The lowest BCUT2D eigenvalue weighted by Gasteiger charge is -2.33. The lowest BCUT2D eigenvalue weighted by Crippen LogP contribution is -2.62. The Kier molecular flexibility index (Phi) is 5.33. The Labute approximate surface area is 127 Å². The van der Waals surface area contributed by atoms with Crippen molar-refractivity contribution in [2.24, 2.45) is 0 Å². The van der Waals surface area contributed by atoms with E-state index in [9.17, 15) is 14.4 Å². The lowest BCUT2D eigenvalue weighted by molar-refractivity contribution is -0.144. The maximum atomic E-state index is 12.2. The Morgan fingerprint density at radius 2 is 2.24 bits per heavy atom. The summed E-state index contributed by atoms with van der Waals surface area (Å²) < 4.78 is 0. The second-order valence-electron chi connectivity index (χ2n) is 5.32. The lowest BCUT2D eigenvalue weighted by atomic mass is 10.2. The SMILES string of the molecule is CCSC1CCC(NC(=O)N2CC(=O)NCC2C(=O)O)C1. The Hall–Kier alpha value is -1.44. The molecule has 1 aliphatic carbocycles. The van der Waals surface area contributed by atoms with E-state index in [2.05, 4.69) is 17.6 Å². The topological polar surface area (TPSA) is 98.7 Å². The highest BCUT2D eigenvalue weighted by atomic mass is 32.2. The van der Waals surface area contributed by atoms with Crippen LogP contribution >= 0.6 is 11.8 Å². The van der Waals surface area contributed by atoms with Crippen molar-refractivity contribution in [2.75, 3.05) is 18.8 Å². The fourth-order valence-electron chi connectivity index (χ4n) is 2.79. The van der Waals surface area contributed by atoms with Gasteiger partial charge in [-0.3, -0.25) is 9.69 Å². The van der Waals surface area contributed by atoms with Crippen LogP contribution in [-0.4, -0.2) is 64.1 Å². The van der Waals surface area contributed by atoms with Gasteiger partial charge in [0.25, 0.3) is 0 Å². The number of carboxylic acids is 1. The molecule has 2 aliphatic rings. The smallest absolute Gasteiger partial charge is 0.328 e. The van der Waals surface area contributed by atoms with Gasteiger partial charge in [-0.2, -0.15) is 11.8 Å². The predicted octanol–water partition coefficient (Wildman–Crippen LogP) is 0.255. The molecule has 0 spiro atoms. The van der Waals surface area contributed by atoms with Crippen molar-refractivity contribution in [3.05, 3.63) is 0 Å². The molecule has 0 bridgehead atoms. The highest BCUT2D eigenvalue weighted by Crippen LogP contribution is 2.29. The molecule has 2 rings (SSSR count). The molecule has 3 unspecified atom stereocenters. The van der Waals surface area contributed by atoms with Crippen molar-refractivity contribution in [1.29, 1.82) is 0 Å². The normalized spacial score (nSPS) is 29.1. The number of hydrogen-bond acceptors (Lipinski definition) is 4. The van der Waals surface area contributed by atoms with Crippen LogP contribution < -0.4 is 10.6 Å². The molecule has 0 aromatic carbocycles. The minimum atomic E-state index is -1.10. The molecule has 0 aromatic heterocycles. The van der Waals surface area contributed by atoms with E-state index in [0.717, 1.165) is 29.9 Å². The van der Waals surface area contributed by atoms with Crippen molar-refractivity contribution in [3.63, 3.8) is 0 Å².